The summed E-state index contributed by atoms with van der Waals surface area (Å²) in [5.41, 5.74) is -0.322. The molecule has 0 bridgehead atoms. The van der Waals surface area contributed by atoms with E-state index in [1.165, 1.54) is 36.1 Å². The molecule has 1 amide bonds. The fourth-order valence-electron chi connectivity index (χ4n) is 1.80. The van der Waals surface area contributed by atoms with E-state index in [2.05, 4.69) is 10.3 Å². The van der Waals surface area contributed by atoms with Gasteiger partial charge in [-0.25, -0.2) is 13.4 Å². The van der Waals surface area contributed by atoms with E-state index in [0.717, 1.165) is 6.07 Å². The molecule has 11 heteroatoms. The van der Waals surface area contributed by atoms with Gasteiger partial charge in [-0.15, -0.1) is 0 Å². The molecule has 2 rings (SSSR count). The molecule has 0 fully saturated rings. The van der Waals surface area contributed by atoms with Crippen LogP contribution >= 0.6 is 11.6 Å². The minimum atomic E-state index is -3.94. The third kappa shape index (κ3) is 3.85. The summed E-state index contributed by atoms with van der Waals surface area (Å²) in [6.07, 6.45) is 2.73. The number of aryl methyl sites for hydroxylation is 1. The first-order valence-corrected chi connectivity index (χ1v) is 8.17. The normalized spacial score (nSPS) is 11.2. The quantitative estimate of drug-likeness (QED) is 0.636. The van der Waals surface area contributed by atoms with Crippen molar-refractivity contribution >= 4 is 38.7 Å². The Morgan fingerprint density at radius 2 is 2.17 bits per heavy atom. The van der Waals surface area contributed by atoms with Gasteiger partial charge in [-0.3, -0.25) is 14.9 Å². The van der Waals surface area contributed by atoms with E-state index in [0.29, 0.717) is 0 Å². The van der Waals surface area contributed by atoms with Crippen LogP contribution in [0.2, 0.25) is 5.02 Å². The van der Waals surface area contributed by atoms with Gasteiger partial charge in [0.25, 0.3) is 5.69 Å². The van der Waals surface area contributed by atoms with E-state index in [9.17, 15) is 23.3 Å². The lowest BCUT2D eigenvalue weighted by Crippen LogP contribution is -2.24. The minimum Gasteiger partial charge on any atom is -0.325 e. The highest BCUT2D eigenvalue weighted by molar-refractivity contribution is 7.92. The third-order valence-electron chi connectivity index (χ3n) is 2.81. The zero-order chi connectivity index (χ0) is 17.2. The van der Waals surface area contributed by atoms with E-state index in [1.807, 2.05) is 0 Å². The Morgan fingerprint density at radius 1 is 1.48 bits per heavy atom. The number of amides is 1. The number of nitrogens with zero attached hydrogens (tertiary/aromatic N) is 3. The molecule has 23 heavy (non-hydrogen) atoms. The average Bonchev–Trinajstić information content (AvgIpc) is 2.87. The number of rotatable bonds is 5. The predicted octanol–water partition coefficient (Wildman–Crippen LogP) is 1.39. The zero-order valence-electron chi connectivity index (χ0n) is 11.8. The first-order chi connectivity index (χ1) is 10.7. The van der Waals surface area contributed by atoms with Crippen LogP contribution in [0.1, 0.15) is 0 Å². The Balaban J connectivity index is 2.19. The monoisotopic (exact) mass is 358 g/mol. The molecule has 0 saturated heterocycles. The molecule has 0 aliphatic rings. The number of non-ortho nitro benzene ring substituents is 1. The zero-order valence-corrected chi connectivity index (χ0v) is 13.3. The van der Waals surface area contributed by atoms with Gasteiger partial charge >= 0.3 is 0 Å². The van der Waals surface area contributed by atoms with Crippen molar-refractivity contribution in [2.45, 2.75) is 5.16 Å². The molecule has 0 saturated carbocycles. The fourth-order valence-corrected chi connectivity index (χ4v) is 3.23. The summed E-state index contributed by atoms with van der Waals surface area (Å²) in [5, 5.41) is 12.8. The molecule has 0 aliphatic carbocycles. The van der Waals surface area contributed by atoms with Crippen molar-refractivity contribution in [3.63, 3.8) is 0 Å². The van der Waals surface area contributed by atoms with Gasteiger partial charge in [0, 0.05) is 31.6 Å². The number of carbonyl (C=O) groups excluding carboxylic acids is 1. The predicted molar refractivity (Wildman–Crippen MR) is 82.0 cm³/mol. The van der Waals surface area contributed by atoms with Crippen molar-refractivity contribution in [1.29, 1.82) is 0 Å². The number of nitro benzene ring substituents is 1. The number of anilines is 1. The van der Waals surface area contributed by atoms with Crippen LogP contribution in [0.25, 0.3) is 0 Å². The van der Waals surface area contributed by atoms with Crippen LogP contribution in [0.3, 0.4) is 0 Å². The van der Waals surface area contributed by atoms with Crippen molar-refractivity contribution in [1.82, 2.24) is 9.55 Å². The van der Waals surface area contributed by atoms with Crippen LogP contribution in [0.4, 0.5) is 11.4 Å². The summed E-state index contributed by atoms with van der Waals surface area (Å²) in [6, 6.07) is 3.46. The molecule has 0 spiro atoms. The highest BCUT2D eigenvalue weighted by Gasteiger charge is 2.24. The van der Waals surface area contributed by atoms with Gasteiger partial charge in [0.1, 0.15) is 5.75 Å². The summed E-state index contributed by atoms with van der Waals surface area (Å²) in [6.45, 7) is 0. The Morgan fingerprint density at radius 3 is 2.74 bits per heavy atom. The highest BCUT2D eigenvalue weighted by atomic mass is 35.5. The molecule has 9 nitrogen and oxygen atoms in total. The van der Waals surface area contributed by atoms with E-state index in [1.54, 1.807) is 0 Å². The molecule has 1 N–H and O–H groups in total. The van der Waals surface area contributed by atoms with Crippen LogP contribution in [0.5, 0.6) is 0 Å². The van der Waals surface area contributed by atoms with Crippen molar-refractivity contribution in [2.24, 2.45) is 7.05 Å². The SMILES string of the molecule is Cn1ccnc1S(=O)(=O)CC(=O)Nc1cc([N+](=O)[O-])ccc1Cl. The largest absolute Gasteiger partial charge is 0.325 e. The van der Waals surface area contributed by atoms with E-state index < -0.39 is 26.4 Å². The van der Waals surface area contributed by atoms with E-state index in [-0.39, 0.29) is 21.6 Å². The van der Waals surface area contributed by atoms with E-state index in [4.69, 9.17) is 11.6 Å². The maximum Gasteiger partial charge on any atom is 0.271 e. The summed E-state index contributed by atoms with van der Waals surface area (Å²) in [7, 11) is -2.46. The van der Waals surface area contributed by atoms with Crippen LogP contribution in [-0.4, -0.2) is 34.6 Å². The number of imidazole rings is 1. The average molecular weight is 359 g/mol. The van der Waals surface area contributed by atoms with Gasteiger partial charge in [-0.2, -0.15) is 0 Å². The first kappa shape index (κ1) is 16.9. The molecule has 122 valence electrons. The van der Waals surface area contributed by atoms with Gasteiger partial charge in [-0.1, -0.05) is 11.6 Å². The van der Waals surface area contributed by atoms with Gasteiger partial charge in [0.2, 0.25) is 20.9 Å². The van der Waals surface area contributed by atoms with Crippen molar-refractivity contribution in [2.75, 3.05) is 11.1 Å². The van der Waals surface area contributed by atoms with Gasteiger partial charge in [0.05, 0.1) is 15.6 Å². The lowest BCUT2D eigenvalue weighted by Gasteiger charge is -2.08. The number of hydrogen-bond acceptors (Lipinski definition) is 6. The van der Waals surface area contributed by atoms with Gasteiger partial charge < -0.3 is 9.88 Å². The maximum atomic E-state index is 12.1. The molecule has 1 aromatic heterocycles. The molecule has 0 radical (unpaired) electrons. The maximum absolute atomic E-state index is 12.1. The van der Waals surface area contributed by atoms with Crippen LogP contribution in [0.15, 0.2) is 35.7 Å². The smallest absolute Gasteiger partial charge is 0.271 e. The van der Waals surface area contributed by atoms with Crippen LogP contribution < -0.4 is 5.32 Å². The molecule has 1 aromatic carbocycles. The Kier molecular flexibility index (Phi) is 4.66. The second kappa shape index (κ2) is 6.34. The number of hydrogen-bond donors (Lipinski definition) is 1. The van der Waals surface area contributed by atoms with Crippen molar-refractivity contribution < 1.29 is 18.1 Å². The molecular weight excluding hydrogens is 348 g/mol. The summed E-state index contributed by atoms with van der Waals surface area (Å²) in [4.78, 5) is 25.7. The molecule has 0 atom stereocenters. The van der Waals surface area contributed by atoms with Crippen LogP contribution in [0, 0.1) is 10.1 Å². The molecule has 0 unspecified atom stereocenters. The minimum absolute atomic E-state index is 0.0408. The number of nitro groups is 1. The number of benzene rings is 1. The van der Waals surface area contributed by atoms with Gasteiger partial charge in [0.15, 0.2) is 0 Å². The molecule has 2 aromatic rings. The second-order valence-corrected chi connectivity index (χ2v) is 6.84. The number of nitrogens with one attached hydrogen (secondary N) is 1. The topological polar surface area (TPSA) is 124 Å². The standard InChI is InChI=1S/C12H11ClN4O5S/c1-16-5-4-14-12(16)23(21,22)7-11(18)15-10-6-8(17(19)20)2-3-9(10)13/h2-6H,7H2,1H3,(H,15,18). The lowest BCUT2D eigenvalue weighted by molar-refractivity contribution is -0.384. The van der Waals surface area contributed by atoms with Crippen molar-refractivity contribution in [3.8, 4) is 0 Å². The summed E-state index contributed by atoms with van der Waals surface area (Å²) < 4.78 is 25.4. The van der Waals surface area contributed by atoms with E-state index >= 15 is 0 Å². The number of carbonyl (C=O) groups is 1. The fraction of sp³-hybridized carbons (Fsp3) is 0.167. The second-order valence-electron chi connectivity index (χ2n) is 4.55. The van der Waals surface area contributed by atoms with Gasteiger partial charge in [-0.05, 0) is 6.07 Å². The molecular formula is C12H11ClN4O5S. The number of halogens is 1. The lowest BCUT2D eigenvalue weighted by atomic mass is 10.3. The number of sulfone groups is 1. The molecule has 1 heterocycles. The molecule has 0 aliphatic heterocycles. The highest BCUT2D eigenvalue weighted by Crippen LogP contribution is 2.26. The van der Waals surface area contributed by atoms with Crippen LogP contribution in [-0.2, 0) is 21.7 Å². The van der Waals surface area contributed by atoms with Crippen molar-refractivity contribution in [3.05, 3.63) is 45.7 Å². The Hall–Kier alpha value is -2.46. The third-order valence-corrected chi connectivity index (χ3v) is 4.73. The Bertz CT molecular complexity index is 877. The summed E-state index contributed by atoms with van der Waals surface area (Å²) in [5.74, 6) is -1.74. The summed E-state index contributed by atoms with van der Waals surface area (Å²) >= 11 is 5.84. The Labute approximate surface area is 136 Å². The number of aromatic nitrogens is 2. The first-order valence-electron chi connectivity index (χ1n) is 6.14.